The Morgan fingerprint density at radius 3 is 2.55 bits per heavy atom. The number of aryl methyl sites for hydroxylation is 1. The average Bonchev–Trinajstić information content (AvgIpc) is 2.78. The van der Waals surface area contributed by atoms with Gasteiger partial charge in [0.2, 0.25) is 5.13 Å². The van der Waals surface area contributed by atoms with Gasteiger partial charge in [-0.3, -0.25) is 4.72 Å². The molecule has 7 nitrogen and oxygen atoms in total. The number of hydrogen-bond acceptors (Lipinski definition) is 7. The lowest BCUT2D eigenvalue weighted by atomic mass is 10.2. The summed E-state index contributed by atoms with van der Waals surface area (Å²) in [5, 5.41) is 7.16. The monoisotopic (exact) mass is 313 g/mol. The van der Waals surface area contributed by atoms with Crippen LogP contribution in [0.25, 0.3) is 0 Å². The Hall–Kier alpha value is -1.87. The summed E-state index contributed by atoms with van der Waals surface area (Å²) in [5.74, 6) is 0. The van der Waals surface area contributed by atoms with Gasteiger partial charge in [0.1, 0.15) is 0 Å². The molecule has 1 heterocycles. The van der Waals surface area contributed by atoms with Gasteiger partial charge in [0.05, 0.1) is 5.69 Å². The van der Waals surface area contributed by atoms with E-state index in [0.717, 1.165) is 22.6 Å². The van der Waals surface area contributed by atoms with Crippen LogP contribution in [0.4, 0.5) is 16.5 Å². The van der Waals surface area contributed by atoms with E-state index in [1.54, 1.807) is 12.1 Å². The first-order valence-corrected chi connectivity index (χ1v) is 7.99. The van der Waals surface area contributed by atoms with E-state index in [2.05, 4.69) is 14.9 Å². The molecule has 9 heteroatoms. The number of hydrogen-bond donors (Lipinski definition) is 2. The topological polar surface area (TPSA) is 101 Å². The fourth-order valence-electron chi connectivity index (χ4n) is 1.68. The summed E-state index contributed by atoms with van der Waals surface area (Å²) in [6, 6.07) is 5.31. The summed E-state index contributed by atoms with van der Waals surface area (Å²) in [7, 11) is 0.0384. The predicted molar refractivity (Wildman–Crippen MR) is 80.6 cm³/mol. The summed E-state index contributed by atoms with van der Waals surface area (Å²) >= 11 is 0.822. The second kappa shape index (κ2) is 5.25. The Bertz CT molecular complexity index is 724. The van der Waals surface area contributed by atoms with E-state index in [1.165, 1.54) is 0 Å². The van der Waals surface area contributed by atoms with Crippen LogP contribution in [0.5, 0.6) is 0 Å². The fourth-order valence-corrected chi connectivity index (χ4v) is 3.52. The molecular formula is C11H15N5O2S2. The molecule has 2 aromatic rings. The van der Waals surface area contributed by atoms with Gasteiger partial charge in [-0.25, -0.2) is 0 Å². The number of nitrogens with two attached hydrogens (primary N) is 1. The van der Waals surface area contributed by atoms with E-state index in [-0.39, 0.29) is 9.47 Å². The van der Waals surface area contributed by atoms with Crippen LogP contribution in [0, 0.1) is 6.92 Å². The van der Waals surface area contributed by atoms with Crippen molar-refractivity contribution in [1.29, 1.82) is 0 Å². The van der Waals surface area contributed by atoms with Crippen LogP contribution in [-0.2, 0) is 10.0 Å². The predicted octanol–water partition coefficient (Wildman–Crippen LogP) is 1.30. The van der Waals surface area contributed by atoms with Crippen LogP contribution in [-0.4, -0.2) is 32.7 Å². The minimum absolute atomic E-state index is 0.114. The number of benzene rings is 1. The van der Waals surface area contributed by atoms with E-state index in [1.807, 2.05) is 32.0 Å². The molecule has 0 aliphatic heterocycles. The third-order valence-corrected chi connectivity index (χ3v) is 5.10. The van der Waals surface area contributed by atoms with E-state index in [9.17, 15) is 8.42 Å². The van der Waals surface area contributed by atoms with Crippen molar-refractivity contribution in [2.45, 2.75) is 11.3 Å². The fraction of sp³-hybridized carbons (Fsp3) is 0.273. The van der Waals surface area contributed by atoms with Crippen molar-refractivity contribution in [2.24, 2.45) is 0 Å². The van der Waals surface area contributed by atoms with Crippen molar-refractivity contribution in [3.05, 3.63) is 23.8 Å². The molecule has 1 aromatic heterocycles. The highest BCUT2D eigenvalue weighted by Crippen LogP contribution is 2.25. The third-order valence-electron chi connectivity index (χ3n) is 2.60. The van der Waals surface area contributed by atoms with Crippen LogP contribution in [0.3, 0.4) is 0 Å². The number of rotatable bonds is 4. The SMILES string of the molecule is Cc1ccc(NS(=O)(=O)c2nnc(N)s2)cc1N(C)C. The Labute approximate surface area is 121 Å². The lowest BCUT2D eigenvalue weighted by Gasteiger charge is -2.17. The molecule has 108 valence electrons. The minimum Gasteiger partial charge on any atom is -0.377 e. The largest absolute Gasteiger partial charge is 0.377 e. The van der Waals surface area contributed by atoms with Gasteiger partial charge in [-0.2, -0.15) is 8.42 Å². The van der Waals surface area contributed by atoms with Crippen LogP contribution in [0.15, 0.2) is 22.5 Å². The zero-order chi connectivity index (χ0) is 14.9. The maximum absolute atomic E-state index is 12.1. The Kier molecular flexibility index (Phi) is 3.82. The van der Waals surface area contributed by atoms with Crippen LogP contribution >= 0.6 is 11.3 Å². The molecule has 2 rings (SSSR count). The molecule has 0 aliphatic carbocycles. The van der Waals surface area contributed by atoms with Crippen molar-refractivity contribution in [2.75, 3.05) is 29.5 Å². The van der Waals surface area contributed by atoms with Gasteiger partial charge < -0.3 is 10.6 Å². The molecule has 0 radical (unpaired) electrons. The van der Waals surface area contributed by atoms with Crippen LogP contribution in [0.1, 0.15) is 5.56 Å². The summed E-state index contributed by atoms with van der Waals surface area (Å²) in [5.41, 5.74) is 7.85. The molecule has 0 spiro atoms. The van der Waals surface area contributed by atoms with Gasteiger partial charge in [-0.05, 0) is 24.6 Å². The number of nitrogens with zero attached hydrogens (tertiary/aromatic N) is 3. The molecule has 20 heavy (non-hydrogen) atoms. The summed E-state index contributed by atoms with van der Waals surface area (Å²) < 4.78 is 26.5. The Balaban J connectivity index is 2.32. The average molecular weight is 313 g/mol. The van der Waals surface area contributed by atoms with Crippen molar-refractivity contribution >= 4 is 37.9 Å². The zero-order valence-corrected chi connectivity index (χ0v) is 12.9. The smallest absolute Gasteiger partial charge is 0.291 e. The van der Waals surface area contributed by atoms with E-state index >= 15 is 0 Å². The van der Waals surface area contributed by atoms with Crippen molar-refractivity contribution in [3.8, 4) is 0 Å². The van der Waals surface area contributed by atoms with E-state index in [0.29, 0.717) is 5.69 Å². The molecule has 1 aromatic carbocycles. The van der Waals surface area contributed by atoms with Crippen LogP contribution in [0.2, 0.25) is 0 Å². The second-order valence-corrected chi connectivity index (χ2v) is 7.27. The minimum atomic E-state index is -3.75. The van der Waals surface area contributed by atoms with Gasteiger partial charge in [-0.15, -0.1) is 10.2 Å². The van der Waals surface area contributed by atoms with E-state index < -0.39 is 10.0 Å². The first-order chi connectivity index (χ1) is 9.29. The zero-order valence-electron chi connectivity index (χ0n) is 11.3. The number of nitrogen functional groups attached to an aromatic ring is 1. The molecule has 0 amide bonds. The number of sulfonamides is 1. The molecule has 0 unspecified atom stereocenters. The normalized spacial score (nSPS) is 11.3. The molecule has 0 aliphatic rings. The van der Waals surface area contributed by atoms with Gasteiger partial charge in [0.25, 0.3) is 14.4 Å². The first-order valence-electron chi connectivity index (χ1n) is 5.69. The molecule has 0 bridgehead atoms. The Morgan fingerprint density at radius 2 is 2.00 bits per heavy atom. The summed E-state index contributed by atoms with van der Waals surface area (Å²) in [6.45, 7) is 1.96. The lowest BCUT2D eigenvalue weighted by Crippen LogP contribution is -2.14. The highest BCUT2D eigenvalue weighted by molar-refractivity contribution is 7.94. The highest BCUT2D eigenvalue weighted by Gasteiger charge is 2.20. The van der Waals surface area contributed by atoms with Crippen LogP contribution < -0.4 is 15.4 Å². The Morgan fingerprint density at radius 1 is 1.30 bits per heavy atom. The maximum atomic E-state index is 12.1. The lowest BCUT2D eigenvalue weighted by molar-refractivity contribution is 0.599. The first kappa shape index (κ1) is 14.5. The molecule has 0 saturated heterocycles. The van der Waals surface area contributed by atoms with Gasteiger partial charge in [0, 0.05) is 19.8 Å². The number of aromatic nitrogens is 2. The van der Waals surface area contributed by atoms with Gasteiger partial charge >= 0.3 is 0 Å². The van der Waals surface area contributed by atoms with Gasteiger partial charge in [0.15, 0.2) is 0 Å². The molecule has 0 atom stereocenters. The van der Waals surface area contributed by atoms with Crippen molar-refractivity contribution in [3.63, 3.8) is 0 Å². The highest BCUT2D eigenvalue weighted by atomic mass is 32.2. The number of nitrogens with one attached hydrogen (secondary N) is 1. The van der Waals surface area contributed by atoms with E-state index in [4.69, 9.17) is 5.73 Å². The summed E-state index contributed by atoms with van der Waals surface area (Å²) in [6.07, 6.45) is 0. The third kappa shape index (κ3) is 2.99. The summed E-state index contributed by atoms with van der Waals surface area (Å²) in [4.78, 5) is 1.91. The van der Waals surface area contributed by atoms with Crippen molar-refractivity contribution in [1.82, 2.24) is 10.2 Å². The number of anilines is 3. The molecule has 0 saturated carbocycles. The molecular weight excluding hydrogens is 298 g/mol. The molecule has 0 fully saturated rings. The van der Waals surface area contributed by atoms with Crippen molar-refractivity contribution < 1.29 is 8.42 Å². The second-order valence-electron chi connectivity index (χ2n) is 4.41. The standard InChI is InChI=1S/C11H15N5O2S2/c1-7-4-5-8(6-9(7)16(2)3)15-20(17,18)11-14-13-10(12)19-11/h4-6,15H,1-3H3,(H2,12,13). The quantitative estimate of drug-likeness (QED) is 0.882. The van der Waals surface area contributed by atoms with Gasteiger partial charge in [-0.1, -0.05) is 17.4 Å². The maximum Gasteiger partial charge on any atom is 0.291 e. The molecule has 3 N–H and O–H groups in total.